The van der Waals surface area contributed by atoms with Crippen molar-refractivity contribution in [3.63, 3.8) is 0 Å². The lowest BCUT2D eigenvalue weighted by atomic mass is 10.2. The quantitative estimate of drug-likeness (QED) is 0.602. The van der Waals surface area contributed by atoms with Crippen LogP contribution in [0.5, 0.6) is 0 Å². The number of rotatable bonds is 8. The average molecular weight is 425 g/mol. The van der Waals surface area contributed by atoms with Crippen LogP contribution in [-0.2, 0) is 4.74 Å². The Balaban J connectivity index is 2.75. The number of amides is 1. The summed E-state index contributed by atoms with van der Waals surface area (Å²) in [4.78, 5) is 16.5. The minimum atomic E-state index is 0.00380. The lowest BCUT2D eigenvalue weighted by Gasteiger charge is -2.23. The van der Waals surface area contributed by atoms with E-state index >= 15 is 0 Å². The van der Waals surface area contributed by atoms with Gasteiger partial charge in [-0.1, -0.05) is 11.6 Å². The van der Waals surface area contributed by atoms with Gasteiger partial charge in [-0.15, -0.1) is 0 Å². The van der Waals surface area contributed by atoms with E-state index < -0.39 is 0 Å². The normalized spacial score (nSPS) is 11.0. The number of benzene rings is 1. The molecule has 1 rings (SSSR count). The van der Waals surface area contributed by atoms with Crippen LogP contribution in [0.3, 0.4) is 0 Å². The smallest absolute Gasteiger partial charge is 0.253 e. The first-order valence-electron chi connectivity index (χ1n) is 6.83. The molecule has 6 heteroatoms. The third-order valence-corrected chi connectivity index (χ3v) is 4.62. The number of hydrogen-bond acceptors (Lipinski definition) is 3. The maximum atomic E-state index is 12.6. The van der Waals surface area contributed by atoms with Crippen LogP contribution in [0.25, 0.3) is 0 Å². The summed E-state index contributed by atoms with van der Waals surface area (Å²) in [5, 5.41) is 0.612. The highest BCUT2D eigenvalue weighted by molar-refractivity contribution is 14.1. The van der Waals surface area contributed by atoms with Gasteiger partial charge in [-0.05, 0) is 67.9 Å². The van der Waals surface area contributed by atoms with Gasteiger partial charge in [0, 0.05) is 29.3 Å². The Morgan fingerprint density at radius 3 is 2.57 bits per heavy atom. The highest BCUT2D eigenvalue weighted by Gasteiger charge is 2.16. The van der Waals surface area contributed by atoms with Gasteiger partial charge in [0.05, 0.1) is 11.6 Å². The molecule has 0 heterocycles. The van der Waals surface area contributed by atoms with Crippen LogP contribution in [-0.4, -0.2) is 63.2 Å². The molecule has 0 bridgehead atoms. The summed E-state index contributed by atoms with van der Waals surface area (Å²) in [6, 6.07) is 5.42. The number of ether oxygens (including phenoxy) is 1. The molecule has 21 heavy (non-hydrogen) atoms. The van der Waals surface area contributed by atoms with Gasteiger partial charge in [0.2, 0.25) is 0 Å². The average Bonchev–Trinajstić information content (AvgIpc) is 2.44. The zero-order chi connectivity index (χ0) is 15.8. The topological polar surface area (TPSA) is 32.8 Å². The van der Waals surface area contributed by atoms with Crippen LogP contribution in [0.2, 0.25) is 5.02 Å². The van der Waals surface area contributed by atoms with E-state index in [-0.39, 0.29) is 5.91 Å². The van der Waals surface area contributed by atoms with Crippen molar-refractivity contribution in [1.29, 1.82) is 0 Å². The Kier molecular flexibility index (Phi) is 8.55. The van der Waals surface area contributed by atoms with E-state index in [0.717, 1.165) is 16.5 Å². The van der Waals surface area contributed by atoms with Gasteiger partial charge in [0.1, 0.15) is 0 Å². The summed E-state index contributed by atoms with van der Waals surface area (Å²) in [7, 11) is 5.70. The van der Waals surface area contributed by atoms with E-state index in [1.807, 2.05) is 31.1 Å². The van der Waals surface area contributed by atoms with E-state index in [9.17, 15) is 4.79 Å². The molecular weight excluding hydrogens is 403 g/mol. The van der Waals surface area contributed by atoms with Crippen molar-refractivity contribution < 1.29 is 9.53 Å². The van der Waals surface area contributed by atoms with Crippen molar-refractivity contribution in [1.82, 2.24) is 9.80 Å². The lowest BCUT2D eigenvalue weighted by Crippen LogP contribution is -2.36. The van der Waals surface area contributed by atoms with E-state index in [0.29, 0.717) is 30.3 Å². The Morgan fingerprint density at radius 2 is 2.00 bits per heavy atom. The number of carbonyl (C=O) groups excluding carboxylic acids is 1. The second-order valence-corrected chi connectivity index (χ2v) is 6.64. The summed E-state index contributed by atoms with van der Waals surface area (Å²) in [5.41, 5.74) is 0.626. The predicted octanol–water partition coefficient (Wildman–Crippen LogP) is 2.98. The molecule has 0 saturated heterocycles. The molecule has 1 aromatic rings. The third-order valence-electron chi connectivity index (χ3n) is 3.05. The summed E-state index contributed by atoms with van der Waals surface area (Å²) in [5.74, 6) is 0.00380. The molecule has 4 nitrogen and oxygen atoms in total. The summed E-state index contributed by atoms with van der Waals surface area (Å²) in [6.07, 6.45) is 0.931. The number of carbonyl (C=O) groups is 1. The molecule has 0 atom stereocenters. The molecule has 0 aromatic heterocycles. The Labute approximate surface area is 145 Å². The van der Waals surface area contributed by atoms with Crippen molar-refractivity contribution in [2.75, 3.05) is 47.4 Å². The zero-order valence-corrected chi connectivity index (χ0v) is 15.6. The van der Waals surface area contributed by atoms with Crippen molar-refractivity contribution in [3.05, 3.63) is 32.4 Å². The molecule has 0 saturated carbocycles. The molecule has 0 radical (unpaired) electrons. The fourth-order valence-electron chi connectivity index (χ4n) is 1.91. The maximum absolute atomic E-state index is 12.6. The molecule has 0 fully saturated rings. The van der Waals surface area contributed by atoms with Crippen molar-refractivity contribution in [2.45, 2.75) is 6.42 Å². The monoisotopic (exact) mass is 424 g/mol. The van der Waals surface area contributed by atoms with Gasteiger partial charge in [0.25, 0.3) is 5.91 Å². The molecule has 0 aliphatic heterocycles. The number of methoxy groups -OCH3 is 1. The first-order valence-corrected chi connectivity index (χ1v) is 8.29. The number of hydrogen-bond donors (Lipinski definition) is 0. The fourth-order valence-corrected chi connectivity index (χ4v) is 2.42. The maximum Gasteiger partial charge on any atom is 0.253 e. The molecular formula is C15H22ClIN2O2. The zero-order valence-electron chi connectivity index (χ0n) is 12.7. The summed E-state index contributed by atoms with van der Waals surface area (Å²) < 4.78 is 6.04. The van der Waals surface area contributed by atoms with E-state index in [1.165, 1.54) is 0 Å². The van der Waals surface area contributed by atoms with Gasteiger partial charge in [0.15, 0.2) is 0 Å². The molecule has 0 aliphatic carbocycles. The number of halogens is 2. The van der Waals surface area contributed by atoms with Gasteiger partial charge in [-0.3, -0.25) is 4.79 Å². The summed E-state index contributed by atoms with van der Waals surface area (Å²) >= 11 is 8.26. The molecule has 0 N–H and O–H groups in total. The van der Waals surface area contributed by atoms with Crippen molar-refractivity contribution in [2.24, 2.45) is 0 Å². The molecule has 0 unspecified atom stereocenters. The molecule has 1 amide bonds. The van der Waals surface area contributed by atoms with Gasteiger partial charge < -0.3 is 14.5 Å². The molecule has 0 aliphatic rings. The lowest BCUT2D eigenvalue weighted by molar-refractivity contribution is 0.0689. The van der Waals surface area contributed by atoms with Crippen LogP contribution < -0.4 is 0 Å². The van der Waals surface area contributed by atoms with Crippen LogP contribution in [0.4, 0.5) is 0 Å². The first kappa shape index (κ1) is 18.7. The minimum absolute atomic E-state index is 0.00380. The van der Waals surface area contributed by atoms with Crippen molar-refractivity contribution in [3.8, 4) is 0 Å². The van der Waals surface area contributed by atoms with E-state index in [4.69, 9.17) is 16.3 Å². The number of nitrogens with zero attached hydrogens (tertiary/aromatic N) is 2. The minimum Gasteiger partial charge on any atom is -0.383 e. The highest BCUT2D eigenvalue weighted by Crippen LogP contribution is 2.20. The Morgan fingerprint density at radius 1 is 1.29 bits per heavy atom. The van der Waals surface area contributed by atoms with Crippen LogP contribution in [0.15, 0.2) is 18.2 Å². The molecule has 1 aromatic carbocycles. The summed E-state index contributed by atoms with van der Waals surface area (Å²) in [6.45, 7) is 2.78. The first-order chi connectivity index (χ1) is 9.95. The molecule has 118 valence electrons. The second kappa shape index (κ2) is 9.61. The standard InChI is InChI=1S/C15H22ClIN2O2/c1-18(2)7-4-8-19(9-10-21-3)15(20)12-5-6-14(17)13(16)11-12/h5-6,11H,4,7-10H2,1-3H3. The van der Waals surface area contributed by atoms with Crippen LogP contribution in [0, 0.1) is 3.57 Å². The Bertz CT molecular complexity index is 469. The predicted molar refractivity (Wildman–Crippen MR) is 95.1 cm³/mol. The van der Waals surface area contributed by atoms with Gasteiger partial charge >= 0.3 is 0 Å². The van der Waals surface area contributed by atoms with E-state index in [1.54, 1.807) is 13.2 Å². The second-order valence-electron chi connectivity index (χ2n) is 5.07. The van der Waals surface area contributed by atoms with Crippen LogP contribution in [0.1, 0.15) is 16.8 Å². The Hall–Kier alpha value is -0.370. The fraction of sp³-hybridized carbons (Fsp3) is 0.533. The van der Waals surface area contributed by atoms with Crippen molar-refractivity contribution >= 4 is 40.1 Å². The van der Waals surface area contributed by atoms with E-state index in [2.05, 4.69) is 27.5 Å². The third kappa shape index (κ3) is 6.50. The van der Waals surface area contributed by atoms with Gasteiger partial charge in [-0.25, -0.2) is 0 Å². The SMILES string of the molecule is COCCN(CCCN(C)C)C(=O)c1ccc(I)c(Cl)c1. The molecule has 0 spiro atoms. The largest absolute Gasteiger partial charge is 0.383 e. The van der Waals surface area contributed by atoms with Crippen LogP contribution >= 0.6 is 34.2 Å². The van der Waals surface area contributed by atoms with Gasteiger partial charge in [-0.2, -0.15) is 0 Å². The highest BCUT2D eigenvalue weighted by atomic mass is 127.